The molecule has 1 aliphatic rings. The van der Waals surface area contributed by atoms with Gasteiger partial charge in [0, 0.05) is 32.1 Å². The molecule has 1 unspecified atom stereocenters. The minimum absolute atomic E-state index is 0.317. The van der Waals surface area contributed by atoms with Gasteiger partial charge in [0.05, 0.1) is 13.2 Å². The second kappa shape index (κ2) is 11.5. The molecular formula is C24H33N3O2. The molecule has 2 aromatic carbocycles. The van der Waals surface area contributed by atoms with E-state index < -0.39 is 0 Å². The van der Waals surface area contributed by atoms with E-state index in [0.717, 1.165) is 58.0 Å². The largest absolute Gasteiger partial charge is 0.508 e. The molecule has 5 heteroatoms. The molecule has 2 N–H and O–H groups in total. The number of guanidine groups is 1. The normalized spacial score (nSPS) is 16.9. The Morgan fingerprint density at radius 3 is 2.69 bits per heavy atom. The first-order chi connectivity index (χ1) is 14.2. The molecule has 1 fully saturated rings. The van der Waals surface area contributed by atoms with Gasteiger partial charge >= 0.3 is 0 Å². The van der Waals surface area contributed by atoms with Gasteiger partial charge in [-0.1, -0.05) is 42.5 Å². The second-order valence-electron chi connectivity index (χ2n) is 7.61. The summed E-state index contributed by atoms with van der Waals surface area (Å²) in [5.41, 5.74) is 2.46. The predicted molar refractivity (Wildman–Crippen MR) is 118 cm³/mol. The van der Waals surface area contributed by atoms with E-state index in [4.69, 9.17) is 9.73 Å². The van der Waals surface area contributed by atoms with E-state index in [1.165, 1.54) is 11.1 Å². The van der Waals surface area contributed by atoms with Crippen molar-refractivity contribution in [2.45, 2.75) is 32.8 Å². The van der Waals surface area contributed by atoms with Gasteiger partial charge in [-0.2, -0.15) is 0 Å². The summed E-state index contributed by atoms with van der Waals surface area (Å²) in [7, 11) is 0. The van der Waals surface area contributed by atoms with Crippen molar-refractivity contribution in [1.29, 1.82) is 0 Å². The molecule has 1 aliphatic heterocycles. The molecule has 1 heterocycles. The van der Waals surface area contributed by atoms with Gasteiger partial charge in [-0.25, -0.2) is 0 Å². The Morgan fingerprint density at radius 1 is 1.14 bits per heavy atom. The first kappa shape index (κ1) is 21.2. The monoisotopic (exact) mass is 395 g/mol. The fourth-order valence-electron chi connectivity index (χ4n) is 3.64. The summed E-state index contributed by atoms with van der Waals surface area (Å²) in [5, 5.41) is 12.8. The summed E-state index contributed by atoms with van der Waals surface area (Å²) in [5.74, 6) is 1.89. The number of nitrogens with one attached hydrogen (secondary N) is 1. The van der Waals surface area contributed by atoms with Crippen LogP contribution in [0.15, 0.2) is 59.6 Å². The average Bonchev–Trinajstić information content (AvgIpc) is 3.21. The van der Waals surface area contributed by atoms with Crippen LogP contribution >= 0.6 is 0 Å². The second-order valence-corrected chi connectivity index (χ2v) is 7.61. The molecule has 0 amide bonds. The Morgan fingerprint density at radius 2 is 1.93 bits per heavy atom. The van der Waals surface area contributed by atoms with Crippen molar-refractivity contribution in [3.8, 4) is 5.75 Å². The zero-order valence-electron chi connectivity index (χ0n) is 17.4. The number of phenols is 1. The van der Waals surface area contributed by atoms with Crippen LogP contribution in [0, 0.1) is 5.92 Å². The SMILES string of the molecule is CCNC(=NCCCc1ccc(O)cc1)N1CCC(COCc2ccccc2)C1. The predicted octanol–water partition coefficient (Wildman–Crippen LogP) is 3.83. The standard InChI is InChI=1S/C24H33N3O2/c1-2-25-24(26-15-6-9-20-10-12-23(28)13-11-20)27-16-14-22(17-27)19-29-18-21-7-4-3-5-8-21/h3-5,7-8,10-13,22,28H,2,6,9,14-19H2,1H3,(H,25,26). The van der Waals surface area contributed by atoms with Crippen LogP contribution in [0.5, 0.6) is 5.75 Å². The highest BCUT2D eigenvalue weighted by Gasteiger charge is 2.24. The molecule has 0 aliphatic carbocycles. The minimum Gasteiger partial charge on any atom is -0.508 e. The molecule has 5 nitrogen and oxygen atoms in total. The van der Waals surface area contributed by atoms with Crippen LogP contribution < -0.4 is 5.32 Å². The third-order valence-corrected chi connectivity index (χ3v) is 5.21. The van der Waals surface area contributed by atoms with E-state index >= 15 is 0 Å². The number of likely N-dealkylation sites (tertiary alicyclic amines) is 1. The van der Waals surface area contributed by atoms with Crippen molar-refractivity contribution < 1.29 is 9.84 Å². The summed E-state index contributed by atoms with van der Waals surface area (Å²) >= 11 is 0. The van der Waals surface area contributed by atoms with Gasteiger partial charge < -0.3 is 20.1 Å². The number of ether oxygens (including phenoxy) is 1. The summed E-state index contributed by atoms with van der Waals surface area (Å²) in [6.45, 7) is 7.30. The molecule has 0 saturated carbocycles. The first-order valence-corrected chi connectivity index (χ1v) is 10.7. The number of benzene rings is 2. The molecule has 1 saturated heterocycles. The molecule has 0 bridgehead atoms. The van der Waals surface area contributed by atoms with Gasteiger partial charge in [0.25, 0.3) is 0 Å². The molecule has 0 spiro atoms. The summed E-state index contributed by atoms with van der Waals surface area (Å²) in [6.07, 6.45) is 3.11. The molecule has 2 aromatic rings. The van der Waals surface area contributed by atoms with Gasteiger partial charge in [-0.3, -0.25) is 4.99 Å². The Labute approximate surface area is 174 Å². The van der Waals surface area contributed by atoms with Crippen LogP contribution in [0.4, 0.5) is 0 Å². The molecule has 0 aromatic heterocycles. The molecule has 3 rings (SSSR count). The van der Waals surface area contributed by atoms with E-state index in [1.54, 1.807) is 12.1 Å². The lowest BCUT2D eigenvalue weighted by molar-refractivity contribution is 0.0907. The van der Waals surface area contributed by atoms with Gasteiger partial charge in [0.2, 0.25) is 0 Å². The summed E-state index contributed by atoms with van der Waals surface area (Å²) in [6, 6.07) is 17.8. The van der Waals surface area contributed by atoms with E-state index in [1.807, 2.05) is 18.2 Å². The van der Waals surface area contributed by atoms with Gasteiger partial charge in [0.1, 0.15) is 5.75 Å². The Bertz CT molecular complexity index is 746. The van der Waals surface area contributed by atoms with Crippen molar-refractivity contribution in [2.24, 2.45) is 10.9 Å². The number of hydrogen-bond donors (Lipinski definition) is 2. The van der Waals surface area contributed by atoms with Gasteiger partial charge in [0.15, 0.2) is 5.96 Å². The number of nitrogens with zero attached hydrogens (tertiary/aromatic N) is 2. The van der Waals surface area contributed by atoms with E-state index in [0.29, 0.717) is 18.3 Å². The highest BCUT2D eigenvalue weighted by atomic mass is 16.5. The molecule has 1 atom stereocenters. The van der Waals surface area contributed by atoms with Crippen LogP contribution in [-0.4, -0.2) is 48.8 Å². The number of aromatic hydroxyl groups is 1. The quantitative estimate of drug-likeness (QED) is 0.385. The Hall–Kier alpha value is -2.53. The fraction of sp³-hybridized carbons (Fsp3) is 0.458. The minimum atomic E-state index is 0.317. The van der Waals surface area contributed by atoms with Crippen LogP contribution in [0.3, 0.4) is 0 Å². The number of aryl methyl sites for hydroxylation is 1. The van der Waals surface area contributed by atoms with Crippen LogP contribution in [0.1, 0.15) is 30.9 Å². The van der Waals surface area contributed by atoms with Crippen LogP contribution in [-0.2, 0) is 17.8 Å². The zero-order chi connectivity index (χ0) is 20.3. The highest BCUT2D eigenvalue weighted by molar-refractivity contribution is 5.80. The fourth-order valence-corrected chi connectivity index (χ4v) is 3.64. The first-order valence-electron chi connectivity index (χ1n) is 10.7. The maximum Gasteiger partial charge on any atom is 0.193 e. The van der Waals surface area contributed by atoms with Crippen molar-refractivity contribution in [3.05, 3.63) is 65.7 Å². The summed E-state index contributed by atoms with van der Waals surface area (Å²) in [4.78, 5) is 7.19. The highest BCUT2D eigenvalue weighted by Crippen LogP contribution is 2.17. The number of hydrogen-bond acceptors (Lipinski definition) is 3. The van der Waals surface area contributed by atoms with E-state index in [2.05, 4.69) is 41.4 Å². The molecule has 29 heavy (non-hydrogen) atoms. The Kier molecular flexibility index (Phi) is 8.38. The lowest BCUT2D eigenvalue weighted by Gasteiger charge is -2.21. The number of aliphatic imine (C=N–C) groups is 1. The number of rotatable bonds is 9. The zero-order valence-corrected chi connectivity index (χ0v) is 17.4. The van der Waals surface area contributed by atoms with Crippen molar-refractivity contribution in [3.63, 3.8) is 0 Å². The van der Waals surface area contributed by atoms with E-state index in [-0.39, 0.29) is 0 Å². The number of phenolic OH excluding ortho intramolecular Hbond substituents is 1. The lowest BCUT2D eigenvalue weighted by Crippen LogP contribution is -2.40. The topological polar surface area (TPSA) is 57.1 Å². The third-order valence-electron chi connectivity index (χ3n) is 5.21. The third kappa shape index (κ3) is 7.09. The van der Waals surface area contributed by atoms with Crippen LogP contribution in [0.2, 0.25) is 0 Å². The lowest BCUT2D eigenvalue weighted by atomic mass is 10.1. The molecule has 156 valence electrons. The van der Waals surface area contributed by atoms with Crippen molar-refractivity contribution in [1.82, 2.24) is 10.2 Å². The smallest absolute Gasteiger partial charge is 0.193 e. The van der Waals surface area contributed by atoms with Gasteiger partial charge in [-0.05, 0) is 49.4 Å². The Balaban J connectivity index is 1.41. The van der Waals surface area contributed by atoms with Crippen molar-refractivity contribution in [2.75, 3.05) is 32.8 Å². The average molecular weight is 396 g/mol. The van der Waals surface area contributed by atoms with E-state index in [9.17, 15) is 5.11 Å². The van der Waals surface area contributed by atoms with Crippen LogP contribution in [0.25, 0.3) is 0 Å². The summed E-state index contributed by atoms with van der Waals surface area (Å²) < 4.78 is 5.94. The maximum atomic E-state index is 9.37. The maximum absolute atomic E-state index is 9.37. The van der Waals surface area contributed by atoms with Crippen molar-refractivity contribution >= 4 is 5.96 Å². The molecular weight excluding hydrogens is 362 g/mol. The molecule has 0 radical (unpaired) electrons. The van der Waals surface area contributed by atoms with Gasteiger partial charge in [-0.15, -0.1) is 0 Å².